The number of hydrogen-bond acceptors (Lipinski definition) is 4. The third kappa shape index (κ3) is 2.67. The number of thiazole rings is 1. The van der Waals surface area contributed by atoms with Crippen LogP contribution in [0.4, 0.5) is 13.9 Å². The molecule has 0 spiro atoms. The number of anilines is 1. The van der Waals surface area contributed by atoms with Crippen molar-refractivity contribution >= 4 is 22.4 Å². The molecule has 2 unspecified atom stereocenters. The molecule has 0 aromatic carbocycles. The number of aromatic nitrogens is 3. The van der Waals surface area contributed by atoms with E-state index in [1.807, 2.05) is 6.92 Å². The van der Waals surface area contributed by atoms with Gasteiger partial charge in [-0.05, 0) is 19.3 Å². The van der Waals surface area contributed by atoms with Gasteiger partial charge in [0.05, 0.1) is 10.6 Å². The summed E-state index contributed by atoms with van der Waals surface area (Å²) < 4.78 is 26.6. The van der Waals surface area contributed by atoms with Crippen molar-refractivity contribution in [2.75, 3.05) is 5.32 Å². The zero-order chi connectivity index (χ0) is 15.1. The molecule has 1 amide bonds. The Kier molecular flexibility index (Phi) is 3.48. The zero-order valence-electron chi connectivity index (χ0n) is 11.5. The lowest BCUT2D eigenvalue weighted by atomic mass is 10.3. The van der Waals surface area contributed by atoms with Crippen molar-refractivity contribution < 1.29 is 13.6 Å². The fourth-order valence-electron chi connectivity index (χ4n) is 2.19. The molecule has 1 N–H and O–H groups in total. The molecular formula is C13H14F2N4OS. The molecule has 112 valence electrons. The topological polar surface area (TPSA) is 59.8 Å². The van der Waals surface area contributed by atoms with Gasteiger partial charge >= 0.3 is 6.55 Å². The SMILES string of the molecule is Cc1nc(NC(=O)C2CC2C)sc1-c1nccn1C(F)F. The van der Waals surface area contributed by atoms with E-state index < -0.39 is 6.55 Å². The zero-order valence-corrected chi connectivity index (χ0v) is 12.3. The van der Waals surface area contributed by atoms with Gasteiger partial charge in [-0.2, -0.15) is 8.78 Å². The monoisotopic (exact) mass is 312 g/mol. The Hall–Kier alpha value is -1.83. The van der Waals surface area contributed by atoms with Gasteiger partial charge in [-0.25, -0.2) is 9.97 Å². The van der Waals surface area contributed by atoms with Crippen molar-refractivity contribution in [2.45, 2.75) is 26.8 Å². The number of alkyl halides is 2. The number of carbonyl (C=O) groups is 1. The molecule has 2 aromatic heterocycles. The molecule has 0 saturated heterocycles. The summed E-state index contributed by atoms with van der Waals surface area (Å²) in [6.07, 6.45) is 3.44. The molecule has 3 rings (SSSR count). The van der Waals surface area contributed by atoms with Gasteiger partial charge in [0.25, 0.3) is 0 Å². The van der Waals surface area contributed by atoms with E-state index in [9.17, 15) is 13.6 Å². The van der Waals surface area contributed by atoms with Crippen LogP contribution in [-0.4, -0.2) is 20.4 Å². The predicted molar refractivity (Wildman–Crippen MR) is 75.2 cm³/mol. The second-order valence-electron chi connectivity index (χ2n) is 5.18. The first-order chi connectivity index (χ1) is 9.97. The smallest absolute Gasteiger partial charge is 0.302 e. The van der Waals surface area contributed by atoms with Crippen molar-refractivity contribution in [3.8, 4) is 10.7 Å². The van der Waals surface area contributed by atoms with E-state index in [0.29, 0.717) is 21.6 Å². The molecule has 1 fully saturated rings. The summed E-state index contributed by atoms with van der Waals surface area (Å²) in [6, 6.07) is 0. The molecule has 2 aromatic rings. The summed E-state index contributed by atoms with van der Waals surface area (Å²) in [5, 5.41) is 3.18. The maximum atomic E-state index is 12.9. The second kappa shape index (κ2) is 5.18. The molecule has 0 bridgehead atoms. The Morgan fingerprint density at radius 2 is 2.29 bits per heavy atom. The van der Waals surface area contributed by atoms with Crippen LogP contribution in [0.15, 0.2) is 12.4 Å². The number of halogens is 2. The first-order valence-electron chi connectivity index (χ1n) is 6.57. The standard InChI is InChI=1S/C13H14F2N4OS/c1-6-5-8(6)11(20)18-13-17-7(2)9(21-13)10-16-3-4-19(10)12(14)15/h3-4,6,8,12H,5H2,1-2H3,(H,17,18,20). The maximum absolute atomic E-state index is 12.9. The van der Waals surface area contributed by atoms with Gasteiger partial charge in [0.2, 0.25) is 5.91 Å². The Labute approximate surface area is 124 Å². The largest absolute Gasteiger partial charge is 0.320 e. The lowest BCUT2D eigenvalue weighted by molar-refractivity contribution is -0.117. The first kappa shape index (κ1) is 14.1. The van der Waals surface area contributed by atoms with Crippen molar-refractivity contribution in [3.05, 3.63) is 18.1 Å². The number of hydrogen-bond donors (Lipinski definition) is 1. The Morgan fingerprint density at radius 1 is 1.57 bits per heavy atom. The molecular weight excluding hydrogens is 298 g/mol. The minimum atomic E-state index is -2.66. The summed E-state index contributed by atoms with van der Waals surface area (Å²) in [6.45, 7) is 1.07. The van der Waals surface area contributed by atoms with Gasteiger partial charge in [-0.15, -0.1) is 0 Å². The highest BCUT2D eigenvalue weighted by Crippen LogP contribution is 2.39. The van der Waals surface area contributed by atoms with Crippen molar-refractivity contribution in [1.82, 2.24) is 14.5 Å². The van der Waals surface area contributed by atoms with Gasteiger partial charge in [-0.1, -0.05) is 18.3 Å². The number of carbonyl (C=O) groups excluding carboxylic acids is 1. The van der Waals surface area contributed by atoms with Crippen LogP contribution in [0.1, 0.15) is 25.6 Å². The van der Waals surface area contributed by atoms with E-state index in [0.717, 1.165) is 22.3 Å². The molecule has 1 aliphatic rings. The minimum absolute atomic E-state index is 0.0423. The molecule has 2 atom stereocenters. The normalized spacial score (nSPS) is 20.8. The number of amides is 1. The molecule has 2 heterocycles. The van der Waals surface area contributed by atoms with E-state index in [1.165, 1.54) is 12.4 Å². The quantitative estimate of drug-likeness (QED) is 0.942. The fraction of sp³-hybridized carbons (Fsp3) is 0.462. The molecule has 0 aliphatic heterocycles. The van der Waals surface area contributed by atoms with Crippen LogP contribution < -0.4 is 5.32 Å². The summed E-state index contributed by atoms with van der Waals surface area (Å²) in [5.74, 6) is 0.559. The predicted octanol–water partition coefficient (Wildman–Crippen LogP) is 3.30. The van der Waals surface area contributed by atoms with Gasteiger partial charge in [-0.3, -0.25) is 9.36 Å². The Bertz CT molecular complexity index is 682. The van der Waals surface area contributed by atoms with Crippen molar-refractivity contribution in [3.63, 3.8) is 0 Å². The number of nitrogens with zero attached hydrogens (tertiary/aromatic N) is 3. The summed E-state index contributed by atoms with van der Waals surface area (Å²) in [5.41, 5.74) is 0.576. The summed E-state index contributed by atoms with van der Waals surface area (Å²) in [7, 11) is 0. The molecule has 8 heteroatoms. The maximum Gasteiger partial charge on any atom is 0.320 e. The fourth-order valence-corrected chi connectivity index (χ4v) is 3.16. The highest BCUT2D eigenvalue weighted by atomic mass is 32.1. The van der Waals surface area contributed by atoms with Gasteiger partial charge in [0.1, 0.15) is 0 Å². The van der Waals surface area contributed by atoms with E-state index in [-0.39, 0.29) is 17.6 Å². The van der Waals surface area contributed by atoms with Gasteiger partial charge in [0, 0.05) is 18.3 Å². The number of rotatable bonds is 4. The van der Waals surface area contributed by atoms with Gasteiger partial charge < -0.3 is 5.32 Å². The molecule has 1 saturated carbocycles. The minimum Gasteiger partial charge on any atom is -0.302 e. The van der Waals surface area contributed by atoms with Crippen LogP contribution in [0.2, 0.25) is 0 Å². The van der Waals surface area contributed by atoms with E-state index in [4.69, 9.17) is 0 Å². The molecule has 5 nitrogen and oxygen atoms in total. The van der Waals surface area contributed by atoms with Crippen LogP contribution in [-0.2, 0) is 4.79 Å². The third-order valence-corrected chi connectivity index (χ3v) is 4.62. The first-order valence-corrected chi connectivity index (χ1v) is 7.38. The third-order valence-electron chi connectivity index (χ3n) is 3.55. The van der Waals surface area contributed by atoms with Crippen LogP contribution in [0.25, 0.3) is 10.7 Å². The lowest BCUT2D eigenvalue weighted by Crippen LogP contribution is -2.14. The summed E-state index contributed by atoms with van der Waals surface area (Å²) in [4.78, 5) is 20.6. The second-order valence-corrected chi connectivity index (χ2v) is 6.18. The number of aryl methyl sites for hydroxylation is 1. The highest BCUT2D eigenvalue weighted by molar-refractivity contribution is 7.19. The highest BCUT2D eigenvalue weighted by Gasteiger charge is 2.39. The number of nitrogens with one attached hydrogen (secondary N) is 1. The van der Waals surface area contributed by atoms with Crippen LogP contribution in [0, 0.1) is 18.8 Å². The number of imidazole rings is 1. The van der Waals surface area contributed by atoms with Gasteiger partial charge in [0.15, 0.2) is 11.0 Å². The molecule has 0 radical (unpaired) electrons. The lowest BCUT2D eigenvalue weighted by Gasteiger charge is -2.04. The average molecular weight is 312 g/mol. The van der Waals surface area contributed by atoms with Crippen molar-refractivity contribution in [1.29, 1.82) is 0 Å². The summed E-state index contributed by atoms with van der Waals surface area (Å²) >= 11 is 1.16. The van der Waals surface area contributed by atoms with E-state index >= 15 is 0 Å². The average Bonchev–Trinajstić information content (AvgIpc) is 2.85. The van der Waals surface area contributed by atoms with Crippen molar-refractivity contribution in [2.24, 2.45) is 11.8 Å². The molecule has 1 aliphatic carbocycles. The van der Waals surface area contributed by atoms with Crippen LogP contribution in [0.3, 0.4) is 0 Å². The van der Waals surface area contributed by atoms with Crippen LogP contribution >= 0.6 is 11.3 Å². The van der Waals surface area contributed by atoms with E-state index in [1.54, 1.807) is 6.92 Å². The van der Waals surface area contributed by atoms with E-state index in [2.05, 4.69) is 15.3 Å². The van der Waals surface area contributed by atoms with Crippen LogP contribution in [0.5, 0.6) is 0 Å². The Balaban J connectivity index is 1.84. The molecule has 21 heavy (non-hydrogen) atoms. The Morgan fingerprint density at radius 3 is 2.90 bits per heavy atom.